The number of hydrogen-bond donors (Lipinski definition) is 3. The minimum absolute atomic E-state index is 0.0640. The summed E-state index contributed by atoms with van der Waals surface area (Å²) >= 11 is 1.31. The molecule has 0 aliphatic heterocycles. The first kappa shape index (κ1) is 31.7. The maximum atomic E-state index is 13.4. The Morgan fingerprint density at radius 2 is 1.45 bits per heavy atom. The minimum Gasteiger partial charge on any atom is -0.497 e. The molecule has 9 nitrogen and oxygen atoms in total. The Bertz CT molecular complexity index is 1600. The zero-order valence-electron chi connectivity index (χ0n) is 24.6. The van der Waals surface area contributed by atoms with Crippen LogP contribution in [0.15, 0.2) is 108 Å². The molecule has 4 rings (SSSR count). The van der Waals surface area contributed by atoms with Crippen molar-refractivity contribution in [1.29, 1.82) is 0 Å². The van der Waals surface area contributed by atoms with Crippen molar-refractivity contribution >= 4 is 46.9 Å². The third-order valence-electron chi connectivity index (χ3n) is 6.13. The van der Waals surface area contributed by atoms with Crippen LogP contribution in [0.25, 0.3) is 6.08 Å². The van der Waals surface area contributed by atoms with Gasteiger partial charge in [-0.05, 0) is 61.0 Å². The molecule has 0 unspecified atom stereocenters. The van der Waals surface area contributed by atoms with E-state index >= 15 is 0 Å². The average Bonchev–Trinajstić information content (AvgIpc) is 3.04. The van der Waals surface area contributed by atoms with Crippen molar-refractivity contribution in [2.24, 2.45) is 0 Å². The number of carbonyl (C=O) groups is 3. The molecule has 0 radical (unpaired) electrons. The van der Waals surface area contributed by atoms with Crippen molar-refractivity contribution < 1.29 is 28.6 Å². The number of ether oxygens (including phenoxy) is 3. The number of carbonyl (C=O) groups excluding carboxylic acids is 3. The van der Waals surface area contributed by atoms with Crippen LogP contribution in [0.4, 0.5) is 11.4 Å². The molecule has 0 aromatic heterocycles. The summed E-state index contributed by atoms with van der Waals surface area (Å²) in [7, 11) is 3.08. The second-order valence-corrected chi connectivity index (χ2v) is 10.3. The summed E-state index contributed by atoms with van der Waals surface area (Å²) in [6, 6.07) is 28.1. The average molecular weight is 612 g/mol. The van der Waals surface area contributed by atoms with E-state index in [9.17, 15) is 14.4 Å². The Balaban J connectivity index is 1.45. The largest absolute Gasteiger partial charge is 0.497 e. The highest BCUT2D eigenvalue weighted by Crippen LogP contribution is 2.27. The first-order chi connectivity index (χ1) is 21.4. The molecule has 0 fully saturated rings. The predicted octanol–water partition coefficient (Wildman–Crippen LogP) is 6.24. The molecule has 0 heterocycles. The third kappa shape index (κ3) is 9.40. The van der Waals surface area contributed by atoms with Crippen molar-refractivity contribution in [3.63, 3.8) is 0 Å². The molecule has 0 bridgehead atoms. The van der Waals surface area contributed by atoms with Gasteiger partial charge in [0, 0.05) is 40.0 Å². The van der Waals surface area contributed by atoms with Gasteiger partial charge in [-0.3, -0.25) is 14.4 Å². The zero-order valence-corrected chi connectivity index (χ0v) is 25.4. The smallest absolute Gasteiger partial charge is 0.272 e. The van der Waals surface area contributed by atoms with Gasteiger partial charge >= 0.3 is 0 Å². The fraction of sp³-hybridized carbons (Fsp3) is 0.147. The number of amides is 3. The van der Waals surface area contributed by atoms with Crippen LogP contribution in [0.1, 0.15) is 22.8 Å². The highest BCUT2D eigenvalue weighted by atomic mass is 32.2. The van der Waals surface area contributed by atoms with Gasteiger partial charge in [-0.15, -0.1) is 11.8 Å². The van der Waals surface area contributed by atoms with Gasteiger partial charge in [0.15, 0.2) is 0 Å². The number of rotatable bonds is 13. The van der Waals surface area contributed by atoms with Gasteiger partial charge in [0.2, 0.25) is 5.91 Å². The van der Waals surface area contributed by atoms with Crippen LogP contribution in [-0.4, -0.2) is 44.3 Å². The molecule has 0 aliphatic carbocycles. The summed E-state index contributed by atoms with van der Waals surface area (Å²) in [5.41, 5.74) is 2.24. The van der Waals surface area contributed by atoms with Crippen LogP contribution in [0.2, 0.25) is 0 Å². The molecule has 10 heteroatoms. The summed E-state index contributed by atoms with van der Waals surface area (Å²) < 4.78 is 16.0. The molecule has 44 heavy (non-hydrogen) atoms. The molecule has 0 saturated carbocycles. The van der Waals surface area contributed by atoms with Gasteiger partial charge in [0.05, 0.1) is 26.6 Å². The molecule has 226 valence electrons. The second-order valence-electron chi connectivity index (χ2n) is 9.30. The van der Waals surface area contributed by atoms with E-state index in [1.165, 1.54) is 26.0 Å². The molecule has 3 amide bonds. The maximum absolute atomic E-state index is 13.4. The van der Waals surface area contributed by atoms with Crippen LogP contribution in [0.5, 0.6) is 17.2 Å². The van der Waals surface area contributed by atoms with Gasteiger partial charge in [-0.1, -0.05) is 36.4 Å². The summed E-state index contributed by atoms with van der Waals surface area (Å²) in [5.74, 6) is 0.821. The Kier molecular flexibility index (Phi) is 11.4. The number of benzene rings is 4. The maximum Gasteiger partial charge on any atom is 0.272 e. The van der Waals surface area contributed by atoms with E-state index in [1.807, 2.05) is 19.1 Å². The lowest BCUT2D eigenvalue weighted by Gasteiger charge is -2.13. The normalized spacial score (nSPS) is 10.8. The molecule has 0 spiro atoms. The van der Waals surface area contributed by atoms with E-state index in [1.54, 1.807) is 91.0 Å². The van der Waals surface area contributed by atoms with E-state index < -0.39 is 11.8 Å². The summed E-state index contributed by atoms with van der Waals surface area (Å²) in [6.07, 6.45) is 1.60. The Labute approximate surface area is 260 Å². The van der Waals surface area contributed by atoms with Crippen molar-refractivity contribution in [3.05, 3.63) is 114 Å². The predicted molar refractivity (Wildman–Crippen MR) is 173 cm³/mol. The third-order valence-corrected chi connectivity index (χ3v) is 7.12. The van der Waals surface area contributed by atoms with Gasteiger partial charge in [-0.25, -0.2) is 0 Å². The number of nitrogens with one attached hydrogen (secondary N) is 3. The van der Waals surface area contributed by atoms with E-state index in [2.05, 4.69) is 16.0 Å². The van der Waals surface area contributed by atoms with Gasteiger partial charge in [0.1, 0.15) is 22.9 Å². The molecule has 0 atom stereocenters. The Hall–Kier alpha value is -5.22. The van der Waals surface area contributed by atoms with Gasteiger partial charge < -0.3 is 30.2 Å². The van der Waals surface area contributed by atoms with Crippen molar-refractivity contribution in [2.75, 3.05) is 37.2 Å². The van der Waals surface area contributed by atoms with Crippen LogP contribution in [-0.2, 0) is 9.59 Å². The molecule has 0 saturated heterocycles. The first-order valence-electron chi connectivity index (χ1n) is 13.7. The summed E-state index contributed by atoms with van der Waals surface area (Å²) in [4.78, 5) is 39.8. The SMILES string of the molecule is CCOc1ccc(/C=C(/NC(=O)c2ccccc2)C(=O)Nc2cccc(SCC(=O)Nc3cc(OC)cc(OC)c3)c2)cc1. The number of methoxy groups -OCH3 is 2. The summed E-state index contributed by atoms with van der Waals surface area (Å²) in [6.45, 7) is 2.44. The molecule has 0 aliphatic rings. The van der Waals surface area contributed by atoms with Crippen molar-refractivity contribution in [2.45, 2.75) is 11.8 Å². The van der Waals surface area contributed by atoms with Crippen LogP contribution < -0.4 is 30.2 Å². The Morgan fingerprint density at radius 1 is 0.750 bits per heavy atom. The molecule has 4 aromatic carbocycles. The minimum atomic E-state index is -0.505. The second kappa shape index (κ2) is 15.9. The van der Waals surface area contributed by atoms with Crippen LogP contribution >= 0.6 is 11.8 Å². The standard InChI is InChI=1S/C34H33N3O6S/c1-4-43-27-15-13-23(14-16-27)17-31(37-33(39)24-9-6-5-7-10-24)34(40)36-25-11-8-12-30(20-25)44-22-32(38)35-26-18-28(41-2)21-29(19-26)42-3/h5-21H,4,22H2,1-3H3,(H,35,38)(H,36,40)(H,37,39)/b31-17+. The monoisotopic (exact) mass is 611 g/mol. The van der Waals surface area contributed by atoms with E-state index in [4.69, 9.17) is 14.2 Å². The van der Waals surface area contributed by atoms with E-state index in [0.717, 1.165) is 4.90 Å². The summed E-state index contributed by atoms with van der Waals surface area (Å²) in [5, 5.41) is 8.44. The lowest BCUT2D eigenvalue weighted by molar-refractivity contribution is -0.114. The number of hydrogen-bond acceptors (Lipinski definition) is 7. The molecule has 4 aromatic rings. The highest BCUT2D eigenvalue weighted by Gasteiger charge is 2.16. The van der Waals surface area contributed by atoms with Crippen LogP contribution in [0.3, 0.4) is 0 Å². The van der Waals surface area contributed by atoms with Crippen molar-refractivity contribution in [1.82, 2.24) is 5.32 Å². The fourth-order valence-electron chi connectivity index (χ4n) is 4.02. The van der Waals surface area contributed by atoms with Gasteiger partial charge in [-0.2, -0.15) is 0 Å². The molecular formula is C34H33N3O6S. The molecular weight excluding hydrogens is 578 g/mol. The molecule has 3 N–H and O–H groups in total. The van der Waals surface area contributed by atoms with Crippen LogP contribution in [0, 0.1) is 0 Å². The number of thioether (sulfide) groups is 1. The van der Waals surface area contributed by atoms with Crippen molar-refractivity contribution in [3.8, 4) is 17.2 Å². The lowest BCUT2D eigenvalue weighted by atomic mass is 10.1. The fourth-order valence-corrected chi connectivity index (χ4v) is 4.78. The zero-order chi connectivity index (χ0) is 31.3. The number of anilines is 2. The van der Waals surface area contributed by atoms with E-state index in [0.29, 0.717) is 46.4 Å². The topological polar surface area (TPSA) is 115 Å². The Morgan fingerprint density at radius 3 is 2.11 bits per heavy atom. The first-order valence-corrected chi connectivity index (χ1v) is 14.7. The van der Waals surface area contributed by atoms with Gasteiger partial charge in [0.25, 0.3) is 11.8 Å². The van der Waals surface area contributed by atoms with E-state index in [-0.39, 0.29) is 17.4 Å². The lowest BCUT2D eigenvalue weighted by Crippen LogP contribution is -2.30. The quantitative estimate of drug-likeness (QED) is 0.121. The highest BCUT2D eigenvalue weighted by molar-refractivity contribution is 8.00.